The monoisotopic (exact) mass is 436 g/mol. The number of hydrogen-bond donors (Lipinski definition) is 1. The van der Waals surface area contributed by atoms with E-state index in [1.165, 1.54) is 29.2 Å². The molecule has 0 saturated heterocycles. The van der Waals surface area contributed by atoms with Crippen molar-refractivity contribution in [2.24, 2.45) is 0 Å². The predicted octanol–water partition coefficient (Wildman–Crippen LogP) is 4.31. The van der Waals surface area contributed by atoms with E-state index in [0.29, 0.717) is 27.6 Å². The summed E-state index contributed by atoms with van der Waals surface area (Å²) in [5.41, 5.74) is 0.911. The van der Waals surface area contributed by atoms with E-state index in [1.54, 1.807) is 12.3 Å². The van der Waals surface area contributed by atoms with E-state index in [2.05, 4.69) is 25.8 Å². The van der Waals surface area contributed by atoms with Crippen molar-refractivity contribution in [3.8, 4) is 11.3 Å². The molecule has 4 rings (SSSR count). The molecule has 0 spiro atoms. The number of tetrazole rings is 1. The van der Waals surface area contributed by atoms with Crippen LogP contribution < -0.4 is 5.32 Å². The van der Waals surface area contributed by atoms with Crippen molar-refractivity contribution in [2.45, 2.75) is 49.1 Å². The van der Waals surface area contributed by atoms with Gasteiger partial charge in [0.15, 0.2) is 16.8 Å². The number of amides is 1. The van der Waals surface area contributed by atoms with Gasteiger partial charge < -0.3 is 5.32 Å². The molecule has 1 saturated carbocycles. The summed E-state index contributed by atoms with van der Waals surface area (Å²) in [6.07, 6.45) is 4.42. The molecule has 1 aromatic carbocycles. The van der Waals surface area contributed by atoms with E-state index < -0.39 is 16.9 Å². The molecule has 1 atom stereocenters. The number of aromatic nitrogens is 5. The van der Waals surface area contributed by atoms with Gasteiger partial charge in [-0.15, -0.1) is 16.4 Å². The minimum absolute atomic E-state index is 0.234. The van der Waals surface area contributed by atoms with Crippen LogP contribution in [0.4, 0.5) is 13.9 Å². The van der Waals surface area contributed by atoms with Crippen molar-refractivity contribution < 1.29 is 13.6 Å². The third-order valence-corrected chi connectivity index (χ3v) is 6.54. The minimum atomic E-state index is -0.939. The number of carbonyl (C=O) groups is 1. The fourth-order valence-corrected chi connectivity index (χ4v) is 4.76. The Morgan fingerprint density at radius 2 is 2.10 bits per heavy atom. The van der Waals surface area contributed by atoms with E-state index in [0.717, 1.165) is 37.8 Å². The zero-order valence-electron chi connectivity index (χ0n) is 15.5. The number of thiazole rings is 1. The number of carbonyl (C=O) groups excluding carboxylic acids is 1. The van der Waals surface area contributed by atoms with Gasteiger partial charge >= 0.3 is 0 Å². The number of rotatable bonds is 6. The van der Waals surface area contributed by atoms with Crippen molar-refractivity contribution in [3.63, 3.8) is 0 Å². The average Bonchev–Trinajstić information content (AvgIpc) is 3.45. The highest BCUT2D eigenvalue weighted by Gasteiger charge is 2.25. The Kier molecular flexibility index (Phi) is 5.86. The Hall–Kier alpha value is -2.40. The van der Waals surface area contributed by atoms with Gasteiger partial charge in [-0.3, -0.25) is 4.79 Å². The third-order valence-electron chi connectivity index (χ3n) is 4.73. The standard InChI is InChI=1S/C18H18F2N6OS2/c1-10(29-18-23-24-25-26(18)12-4-2-3-5-12)16(27)22-17-21-15(9-28-17)11-6-7-13(19)14(20)8-11/h6-10,12H,2-5H2,1H3,(H,21,22,27). The van der Waals surface area contributed by atoms with Crippen LogP contribution in [-0.4, -0.2) is 36.3 Å². The molecular formula is C18H18F2N6OS2. The van der Waals surface area contributed by atoms with Crippen LogP contribution in [0.3, 0.4) is 0 Å². The van der Waals surface area contributed by atoms with E-state index in [4.69, 9.17) is 0 Å². The van der Waals surface area contributed by atoms with Gasteiger partial charge in [0.25, 0.3) is 0 Å². The Bertz CT molecular complexity index is 1020. The van der Waals surface area contributed by atoms with E-state index in [-0.39, 0.29) is 5.91 Å². The van der Waals surface area contributed by atoms with Crippen LogP contribution in [0.2, 0.25) is 0 Å². The molecular weight excluding hydrogens is 418 g/mol. The summed E-state index contributed by atoms with van der Waals surface area (Å²) >= 11 is 2.52. The fraction of sp³-hybridized carbons (Fsp3) is 0.389. The fourth-order valence-electron chi connectivity index (χ4n) is 3.18. The average molecular weight is 437 g/mol. The van der Waals surface area contributed by atoms with Crippen molar-refractivity contribution in [1.82, 2.24) is 25.2 Å². The number of benzene rings is 1. The first-order valence-corrected chi connectivity index (χ1v) is 10.9. The van der Waals surface area contributed by atoms with Gasteiger partial charge in [-0.25, -0.2) is 18.4 Å². The highest BCUT2D eigenvalue weighted by Crippen LogP contribution is 2.33. The number of halogens is 2. The van der Waals surface area contributed by atoms with Gasteiger partial charge in [0, 0.05) is 10.9 Å². The van der Waals surface area contributed by atoms with Gasteiger partial charge in [0.2, 0.25) is 11.1 Å². The first-order chi connectivity index (χ1) is 14.0. The van der Waals surface area contributed by atoms with Crippen molar-refractivity contribution in [3.05, 3.63) is 35.2 Å². The van der Waals surface area contributed by atoms with Crippen LogP contribution in [0.1, 0.15) is 38.6 Å². The number of anilines is 1. The normalized spacial score (nSPS) is 15.6. The molecule has 0 bridgehead atoms. The summed E-state index contributed by atoms with van der Waals surface area (Å²) in [6, 6.07) is 3.87. The van der Waals surface area contributed by atoms with Crippen molar-refractivity contribution in [2.75, 3.05) is 5.32 Å². The molecule has 2 heterocycles. The second-order valence-electron chi connectivity index (χ2n) is 6.76. The Balaban J connectivity index is 1.40. The van der Waals surface area contributed by atoms with Crippen LogP contribution >= 0.6 is 23.1 Å². The molecule has 1 unspecified atom stereocenters. The number of thioether (sulfide) groups is 1. The lowest BCUT2D eigenvalue weighted by Gasteiger charge is -2.13. The maximum atomic E-state index is 13.4. The molecule has 11 heteroatoms. The molecule has 0 aliphatic heterocycles. The van der Waals surface area contributed by atoms with Crippen molar-refractivity contribution >= 4 is 34.1 Å². The molecule has 152 valence electrons. The van der Waals surface area contributed by atoms with Crippen molar-refractivity contribution in [1.29, 1.82) is 0 Å². The Morgan fingerprint density at radius 1 is 1.31 bits per heavy atom. The summed E-state index contributed by atoms with van der Waals surface area (Å²) in [6.45, 7) is 1.78. The lowest BCUT2D eigenvalue weighted by atomic mass is 10.2. The van der Waals surface area contributed by atoms with Crippen LogP contribution in [-0.2, 0) is 4.79 Å². The largest absolute Gasteiger partial charge is 0.301 e. The second-order valence-corrected chi connectivity index (χ2v) is 8.93. The molecule has 1 aliphatic rings. The molecule has 3 aromatic rings. The van der Waals surface area contributed by atoms with Crippen LogP contribution in [0.5, 0.6) is 0 Å². The molecule has 1 aliphatic carbocycles. The Labute approximate surface area is 173 Å². The van der Waals surface area contributed by atoms with Gasteiger partial charge in [0.1, 0.15) is 0 Å². The lowest BCUT2D eigenvalue weighted by Crippen LogP contribution is -2.23. The first kappa shape index (κ1) is 19.9. The van der Waals surface area contributed by atoms with Crippen LogP contribution in [0.25, 0.3) is 11.3 Å². The summed E-state index contributed by atoms with van der Waals surface area (Å²) < 4.78 is 28.3. The molecule has 0 radical (unpaired) electrons. The summed E-state index contributed by atoms with van der Waals surface area (Å²) in [5.74, 6) is -2.09. The van der Waals surface area contributed by atoms with E-state index in [1.807, 2.05) is 4.68 Å². The first-order valence-electron chi connectivity index (χ1n) is 9.17. The smallest absolute Gasteiger partial charge is 0.239 e. The third kappa shape index (κ3) is 4.45. The maximum Gasteiger partial charge on any atom is 0.239 e. The van der Waals surface area contributed by atoms with Gasteiger partial charge in [0.05, 0.1) is 17.0 Å². The topological polar surface area (TPSA) is 85.6 Å². The number of nitrogens with zero attached hydrogens (tertiary/aromatic N) is 5. The molecule has 7 nitrogen and oxygen atoms in total. The summed E-state index contributed by atoms with van der Waals surface area (Å²) in [7, 11) is 0. The molecule has 2 aromatic heterocycles. The second kappa shape index (κ2) is 8.54. The minimum Gasteiger partial charge on any atom is -0.301 e. The van der Waals surface area contributed by atoms with E-state index in [9.17, 15) is 13.6 Å². The zero-order chi connectivity index (χ0) is 20.4. The SMILES string of the molecule is CC(Sc1nnnn1C1CCCC1)C(=O)Nc1nc(-c2ccc(F)c(F)c2)cs1. The predicted molar refractivity (Wildman–Crippen MR) is 107 cm³/mol. The maximum absolute atomic E-state index is 13.4. The van der Waals surface area contributed by atoms with Gasteiger partial charge in [-0.2, -0.15) is 0 Å². The summed E-state index contributed by atoms with van der Waals surface area (Å²) in [5, 5.41) is 16.9. The molecule has 1 fully saturated rings. The molecule has 1 N–H and O–H groups in total. The number of nitrogens with one attached hydrogen (secondary N) is 1. The number of hydrogen-bond acceptors (Lipinski definition) is 7. The molecule has 29 heavy (non-hydrogen) atoms. The summed E-state index contributed by atoms with van der Waals surface area (Å²) in [4.78, 5) is 16.9. The highest BCUT2D eigenvalue weighted by atomic mass is 32.2. The Morgan fingerprint density at radius 3 is 2.86 bits per heavy atom. The van der Waals surface area contributed by atoms with Crippen LogP contribution in [0.15, 0.2) is 28.7 Å². The lowest BCUT2D eigenvalue weighted by molar-refractivity contribution is -0.115. The highest BCUT2D eigenvalue weighted by molar-refractivity contribution is 8.00. The van der Waals surface area contributed by atoms with Crippen LogP contribution in [0, 0.1) is 11.6 Å². The van der Waals surface area contributed by atoms with Gasteiger partial charge in [-0.1, -0.05) is 24.6 Å². The zero-order valence-corrected chi connectivity index (χ0v) is 17.1. The van der Waals surface area contributed by atoms with E-state index >= 15 is 0 Å². The molecule has 1 amide bonds. The van der Waals surface area contributed by atoms with Gasteiger partial charge in [-0.05, 0) is 48.4 Å². The quantitative estimate of drug-likeness (QED) is 0.580.